The van der Waals surface area contributed by atoms with E-state index >= 15 is 0 Å². The lowest BCUT2D eigenvalue weighted by atomic mass is 10.1. The maximum absolute atomic E-state index is 13.6. The fourth-order valence-corrected chi connectivity index (χ4v) is 4.68. The molecule has 1 aromatic heterocycles. The number of carbonyl (C=O) groups excluding carboxylic acids is 2. The van der Waals surface area contributed by atoms with Gasteiger partial charge in [0.05, 0.1) is 11.5 Å². The Hall–Kier alpha value is -3.78. The number of hydrogen-bond donors (Lipinski definition) is 0. The van der Waals surface area contributed by atoms with Gasteiger partial charge in [0.15, 0.2) is 0 Å². The van der Waals surface area contributed by atoms with E-state index in [-0.39, 0.29) is 30.0 Å². The van der Waals surface area contributed by atoms with Crippen LogP contribution < -0.4 is 0 Å². The number of hydrogen-bond acceptors (Lipinski definition) is 5. The van der Waals surface area contributed by atoms with E-state index in [4.69, 9.17) is 0 Å². The van der Waals surface area contributed by atoms with E-state index in [9.17, 15) is 19.7 Å². The number of benzene rings is 2. The van der Waals surface area contributed by atoms with Crippen LogP contribution in [0.5, 0.6) is 0 Å². The van der Waals surface area contributed by atoms with Crippen molar-refractivity contribution in [3.05, 3.63) is 104 Å². The predicted molar refractivity (Wildman–Crippen MR) is 148 cm³/mol. The topological polar surface area (TPSA) is 83.8 Å². The lowest BCUT2D eigenvalue weighted by Gasteiger charge is -2.28. The maximum atomic E-state index is 13.6. The van der Waals surface area contributed by atoms with Gasteiger partial charge in [0.25, 0.3) is 5.69 Å². The van der Waals surface area contributed by atoms with Crippen molar-refractivity contribution in [1.82, 2.24) is 9.80 Å². The van der Waals surface area contributed by atoms with Crippen molar-refractivity contribution < 1.29 is 14.5 Å². The summed E-state index contributed by atoms with van der Waals surface area (Å²) in [5, 5.41) is 10.9. The first-order chi connectivity index (χ1) is 17.7. The van der Waals surface area contributed by atoms with Crippen LogP contribution in [0.4, 0.5) is 5.69 Å². The molecule has 7 nitrogen and oxygen atoms in total. The molecular formula is C29H33N3O4S. The highest BCUT2D eigenvalue weighted by molar-refractivity contribution is 7.11. The summed E-state index contributed by atoms with van der Waals surface area (Å²) in [6.45, 7) is 7.54. The molecule has 0 aliphatic rings. The molecule has 0 radical (unpaired) electrons. The Balaban J connectivity index is 1.77. The van der Waals surface area contributed by atoms with Crippen molar-refractivity contribution in [2.75, 3.05) is 13.1 Å². The van der Waals surface area contributed by atoms with Gasteiger partial charge >= 0.3 is 0 Å². The third-order valence-electron chi connectivity index (χ3n) is 6.10. The van der Waals surface area contributed by atoms with Crippen molar-refractivity contribution in [2.24, 2.45) is 5.92 Å². The number of aryl methyl sites for hydroxylation is 1. The predicted octanol–water partition coefficient (Wildman–Crippen LogP) is 6.08. The van der Waals surface area contributed by atoms with Gasteiger partial charge < -0.3 is 9.80 Å². The molecule has 3 rings (SSSR count). The van der Waals surface area contributed by atoms with Gasteiger partial charge in [-0.05, 0) is 54.3 Å². The molecule has 0 bridgehead atoms. The highest BCUT2D eigenvalue weighted by atomic mass is 32.1. The van der Waals surface area contributed by atoms with E-state index < -0.39 is 4.92 Å². The number of non-ortho nitro benzene ring substituents is 1. The summed E-state index contributed by atoms with van der Waals surface area (Å²) < 4.78 is 0. The summed E-state index contributed by atoms with van der Waals surface area (Å²) in [5.41, 5.74) is 1.70. The van der Waals surface area contributed by atoms with Crippen LogP contribution in [0.2, 0.25) is 0 Å². The minimum atomic E-state index is -0.461. The average molecular weight is 520 g/mol. The Labute approximate surface area is 222 Å². The first kappa shape index (κ1) is 27.8. The highest BCUT2D eigenvalue weighted by Crippen LogP contribution is 2.19. The van der Waals surface area contributed by atoms with Gasteiger partial charge in [-0.3, -0.25) is 19.7 Å². The van der Waals surface area contributed by atoms with E-state index in [2.05, 4.69) is 13.8 Å². The summed E-state index contributed by atoms with van der Waals surface area (Å²) in [4.78, 5) is 42.8. The quantitative estimate of drug-likeness (QED) is 0.165. The number of thiophene rings is 1. The van der Waals surface area contributed by atoms with E-state index in [1.807, 2.05) is 49.4 Å². The van der Waals surface area contributed by atoms with Gasteiger partial charge in [-0.25, -0.2) is 0 Å². The molecule has 1 heterocycles. The highest BCUT2D eigenvalue weighted by Gasteiger charge is 2.22. The fraction of sp³-hybridized carbons (Fsp3) is 0.310. The number of rotatable bonds is 12. The Morgan fingerprint density at radius 1 is 1.00 bits per heavy atom. The van der Waals surface area contributed by atoms with Crippen molar-refractivity contribution in [3.63, 3.8) is 0 Å². The normalized spacial score (nSPS) is 11.9. The number of amides is 2. The van der Waals surface area contributed by atoms with Crippen LogP contribution in [0.15, 0.2) is 72.8 Å². The van der Waals surface area contributed by atoms with Gasteiger partial charge in [-0.1, -0.05) is 50.6 Å². The molecular weight excluding hydrogens is 486 g/mol. The number of nitro benzene ring substituents is 1. The molecule has 0 spiro atoms. The minimum Gasteiger partial charge on any atom is -0.332 e. The Bertz CT molecular complexity index is 1220. The molecule has 0 fully saturated rings. The first-order valence-electron chi connectivity index (χ1n) is 12.3. The Morgan fingerprint density at radius 2 is 1.70 bits per heavy atom. The van der Waals surface area contributed by atoms with Crippen molar-refractivity contribution >= 4 is 34.9 Å². The maximum Gasteiger partial charge on any atom is 0.269 e. The molecule has 2 amide bonds. The van der Waals surface area contributed by atoms with Crippen LogP contribution in [-0.4, -0.2) is 39.6 Å². The lowest BCUT2D eigenvalue weighted by molar-refractivity contribution is -0.384. The van der Waals surface area contributed by atoms with Crippen molar-refractivity contribution in [1.29, 1.82) is 0 Å². The summed E-state index contributed by atoms with van der Waals surface area (Å²) in [6, 6.07) is 19.9. The molecule has 2 aromatic carbocycles. The monoisotopic (exact) mass is 519 g/mol. The molecule has 0 aliphatic heterocycles. The second kappa shape index (κ2) is 13.5. The molecule has 0 saturated heterocycles. The van der Waals surface area contributed by atoms with Crippen LogP contribution in [0.3, 0.4) is 0 Å². The van der Waals surface area contributed by atoms with Crippen LogP contribution in [0.25, 0.3) is 6.08 Å². The second-order valence-corrected chi connectivity index (χ2v) is 10.5. The summed E-state index contributed by atoms with van der Waals surface area (Å²) in [7, 11) is 0. The summed E-state index contributed by atoms with van der Waals surface area (Å²) in [5.74, 6) is -0.152. The molecule has 0 aliphatic carbocycles. The first-order valence-corrected chi connectivity index (χ1v) is 13.1. The molecule has 194 valence electrons. The lowest BCUT2D eigenvalue weighted by Crippen LogP contribution is -2.43. The smallest absolute Gasteiger partial charge is 0.269 e. The summed E-state index contributed by atoms with van der Waals surface area (Å²) >= 11 is 1.66. The zero-order valence-corrected chi connectivity index (χ0v) is 22.3. The molecule has 0 N–H and O–H groups in total. The van der Waals surface area contributed by atoms with E-state index in [0.29, 0.717) is 25.2 Å². The zero-order valence-electron chi connectivity index (χ0n) is 21.5. The van der Waals surface area contributed by atoms with Gasteiger partial charge in [0, 0.05) is 41.1 Å². The van der Waals surface area contributed by atoms with Crippen LogP contribution in [0, 0.1) is 23.0 Å². The molecule has 1 atom stereocenters. The zero-order chi connectivity index (χ0) is 26.8. The molecule has 0 saturated carbocycles. The van der Waals surface area contributed by atoms with E-state index in [1.54, 1.807) is 39.3 Å². The third-order valence-corrected chi connectivity index (χ3v) is 7.09. The fourth-order valence-electron chi connectivity index (χ4n) is 3.78. The van der Waals surface area contributed by atoms with Gasteiger partial charge in [-0.2, -0.15) is 0 Å². The van der Waals surface area contributed by atoms with E-state index in [0.717, 1.165) is 16.9 Å². The number of nitrogens with zero attached hydrogens (tertiary/aromatic N) is 3. The summed E-state index contributed by atoms with van der Waals surface area (Å²) in [6.07, 6.45) is 3.93. The van der Waals surface area contributed by atoms with Gasteiger partial charge in [-0.15, -0.1) is 11.3 Å². The van der Waals surface area contributed by atoms with Crippen molar-refractivity contribution in [3.8, 4) is 0 Å². The number of nitro groups is 1. The molecule has 37 heavy (non-hydrogen) atoms. The van der Waals surface area contributed by atoms with Gasteiger partial charge in [0.1, 0.15) is 6.54 Å². The van der Waals surface area contributed by atoms with Crippen LogP contribution >= 0.6 is 11.3 Å². The molecule has 8 heteroatoms. The molecule has 1 unspecified atom stereocenters. The number of carbonyl (C=O) groups is 2. The molecule has 3 aromatic rings. The largest absolute Gasteiger partial charge is 0.332 e. The second-order valence-electron chi connectivity index (χ2n) is 9.16. The Morgan fingerprint density at radius 3 is 2.30 bits per heavy atom. The van der Waals surface area contributed by atoms with Crippen LogP contribution in [-0.2, 0) is 22.7 Å². The standard InChI is InChI=1S/C29H33N3O4S/c1-4-22(2)18-30(28(33)17-13-24-11-14-26(15-12-24)32(35)36)21-29(34)31(19-25-8-6-5-7-9-25)20-27-16-10-23(3)37-27/h5-17,22H,4,18-21H2,1-3H3/b17-13+. The average Bonchev–Trinajstić information content (AvgIpc) is 3.31. The van der Waals surface area contributed by atoms with Gasteiger partial charge in [0.2, 0.25) is 11.8 Å². The SMILES string of the molecule is CCC(C)CN(CC(=O)N(Cc1ccccc1)Cc1ccc(C)s1)C(=O)/C=C/c1ccc([N+](=O)[O-])cc1. The van der Waals surface area contributed by atoms with Crippen LogP contribution in [0.1, 0.15) is 41.1 Å². The minimum absolute atomic E-state index is 0.00749. The Kier molecular flexibility index (Phi) is 10.1. The van der Waals surface area contributed by atoms with E-state index in [1.165, 1.54) is 23.1 Å². The van der Waals surface area contributed by atoms with Crippen molar-refractivity contribution in [2.45, 2.75) is 40.3 Å². The third kappa shape index (κ3) is 8.68.